The van der Waals surface area contributed by atoms with Gasteiger partial charge in [-0.05, 0) is 40.6 Å². The number of nitrogens with one attached hydrogen (secondary N) is 1. The molecule has 3 aromatic carbocycles. The summed E-state index contributed by atoms with van der Waals surface area (Å²) >= 11 is 0. The topological polar surface area (TPSA) is 98.6 Å². The first kappa shape index (κ1) is 19.6. The highest BCUT2D eigenvalue weighted by Gasteiger charge is 2.19. The van der Waals surface area contributed by atoms with Crippen LogP contribution in [-0.2, 0) is 11.2 Å². The standard InChI is InChI=1S/C24H20N6O2/c1-3-21-25-20-10-6-9-19(24(31)32-2)22(20)30(21)16-13-11-15(12-14-16)17-7-4-5-8-18(17)23-26-28-29-27-23/h4-14H,3H2,1-2H3,(H,26,27,28,29). The van der Waals surface area contributed by atoms with Crippen molar-refractivity contribution in [1.29, 1.82) is 0 Å². The number of para-hydroxylation sites is 1. The average Bonchev–Trinajstić information content (AvgIpc) is 3.51. The van der Waals surface area contributed by atoms with Crippen LogP contribution in [0.15, 0.2) is 66.7 Å². The molecule has 0 aliphatic heterocycles. The number of imidazole rings is 1. The number of hydrogen-bond acceptors (Lipinski definition) is 6. The molecule has 0 amide bonds. The third kappa shape index (κ3) is 3.22. The van der Waals surface area contributed by atoms with Crippen molar-refractivity contribution in [1.82, 2.24) is 30.2 Å². The predicted molar refractivity (Wildman–Crippen MR) is 120 cm³/mol. The van der Waals surface area contributed by atoms with Gasteiger partial charge in [-0.25, -0.2) is 9.78 Å². The second-order valence-electron chi connectivity index (χ2n) is 7.21. The number of esters is 1. The Bertz CT molecular complexity index is 1400. The van der Waals surface area contributed by atoms with E-state index >= 15 is 0 Å². The summed E-state index contributed by atoms with van der Waals surface area (Å²) in [6.45, 7) is 2.05. The summed E-state index contributed by atoms with van der Waals surface area (Å²) in [6.07, 6.45) is 0.720. The number of methoxy groups -OCH3 is 1. The van der Waals surface area contributed by atoms with Crippen LogP contribution in [0.1, 0.15) is 23.1 Å². The number of aromatic amines is 1. The summed E-state index contributed by atoms with van der Waals surface area (Å²) < 4.78 is 7.03. The van der Waals surface area contributed by atoms with Crippen LogP contribution in [0, 0.1) is 0 Å². The van der Waals surface area contributed by atoms with Gasteiger partial charge < -0.3 is 4.74 Å². The summed E-state index contributed by atoms with van der Waals surface area (Å²) in [5, 5.41) is 14.4. The van der Waals surface area contributed by atoms with Gasteiger partial charge in [-0.3, -0.25) is 4.57 Å². The highest BCUT2D eigenvalue weighted by Crippen LogP contribution is 2.31. The molecule has 5 aromatic rings. The molecule has 0 aliphatic carbocycles. The fraction of sp³-hybridized carbons (Fsp3) is 0.125. The molecule has 0 unspecified atom stereocenters. The lowest BCUT2D eigenvalue weighted by Gasteiger charge is -2.12. The normalized spacial score (nSPS) is 11.1. The van der Waals surface area contributed by atoms with Gasteiger partial charge in [0, 0.05) is 17.7 Å². The molecule has 2 heterocycles. The van der Waals surface area contributed by atoms with Crippen molar-refractivity contribution >= 4 is 17.0 Å². The Morgan fingerprint density at radius 2 is 1.78 bits per heavy atom. The minimum absolute atomic E-state index is 0.384. The zero-order valence-electron chi connectivity index (χ0n) is 17.6. The van der Waals surface area contributed by atoms with E-state index in [4.69, 9.17) is 9.72 Å². The van der Waals surface area contributed by atoms with Gasteiger partial charge in [0.25, 0.3) is 0 Å². The molecule has 0 atom stereocenters. The molecule has 0 aliphatic rings. The molecule has 8 heteroatoms. The Balaban J connectivity index is 1.64. The smallest absolute Gasteiger partial charge is 0.340 e. The van der Waals surface area contributed by atoms with Gasteiger partial charge in [-0.2, -0.15) is 5.21 Å². The van der Waals surface area contributed by atoms with Crippen LogP contribution in [0.5, 0.6) is 0 Å². The number of nitrogens with zero attached hydrogens (tertiary/aromatic N) is 5. The van der Waals surface area contributed by atoms with E-state index in [0.717, 1.165) is 45.7 Å². The van der Waals surface area contributed by atoms with Crippen LogP contribution in [0.25, 0.3) is 39.2 Å². The van der Waals surface area contributed by atoms with Crippen LogP contribution in [0.2, 0.25) is 0 Å². The van der Waals surface area contributed by atoms with E-state index in [9.17, 15) is 4.79 Å². The molecule has 1 N–H and O–H groups in total. The van der Waals surface area contributed by atoms with Crippen molar-refractivity contribution in [2.24, 2.45) is 0 Å². The maximum Gasteiger partial charge on any atom is 0.340 e. The zero-order chi connectivity index (χ0) is 22.1. The summed E-state index contributed by atoms with van der Waals surface area (Å²) in [5.41, 5.74) is 5.83. The summed E-state index contributed by atoms with van der Waals surface area (Å²) in [4.78, 5) is 17.2. The number of rotatable bonds is 5. The van der Waals surface area contributed by atoms with Crippen molar-refractivity contribution < 1.29 is 9.53 Å². The monoisotopic (exact) mass is 424 g/mol. The zero-order valence-corrected chi connectivity index (χ0v) is 17.6. The minimum Gasteiger partial charge on any atom is -0.465 e. The van der Waals surface area contributed by atoms with E-state index in [1.54, 1.807) is 6.07 Å². The first-order chi connectivity index (χ1) is 15.7. The molecule has 0 radical (unpaired) electrons. The van der Waals surface area contributed by atoms with Gasteiger partial charge in [-0.1, -0.05) is 49.4 Å². The van der Waals surface area contributed by atoms with Crippen LogP contribution < -0.4 is 0 Å². The van der Waals surface area contributed by atoms with E-state index < -0.39 is 0 Å². The van der Waals surface area contributed by atoms with E-state index in [1.165, 1.54) is 7.11 Å². The second kappa shape index (κ2) is 8.07. The highest BCUT2D eigenvalue weighted by molar-refractivity contribution is 6.02. The number of benzene rings is 3. The third-order valence-corrected chi connectivity index (χ3v) is 5.42. The first-order valence-electron chi connectivity index (χ1n) is 10.2. The van der Waals surface area contributed by atoms with Gasteiger partial charge in [-0.15, -0.1) is 10.2 Å². The number of tetrazole rings is 1. The van der Waals surface area contributed by atoms with E-state index in [1.807, 2.05) is 72.2 Å². The fourth-order valence-corrected chi connectivity index (χ4v) is 3.96. The molecule has 2 aromatic heterocycles. The van der Waals surface area contributed by atoms with Crippen molar-refractivity contribution in [3.05, 3.63) is 78.1 Å². The molecule has 0 fully saturated rings. The van der Waals surface area contributed by atoms with Crippen molar-refractivity contribution in [2.45, 2.75) is 13.3 Å². The van der Waals surface area contributed by atoms with Crippen molar-refractivity contribution in [2.75, 3.05) is 7.11 Å². The molecule has 32 heavy (non-hydrogen) atoms. The van der Waals surface area contributed by atoms with Gasteiger partial charge >= 0.3 is 5.97 Å². The van der Waals surface area contributed by atoms with Gasteiger partial charge in [0.15, 0.2) is 0 Å². The van der Waals surface area contributed by atoms with Gasteiger partial charge in [0.2, 0.25) is 5.82 Å². The molecule has 0 saturated heterocycles. The third-order valence-electron chi connectivity index (χ3n) is 5.42. The SMILES string of the molecule is CCc1nc2cccc(C(=O)OC)c2n1-c1ccc(-c2ccccc2-c2nn[nH]n2)cc1. The maximum atomic E-state index is 12.4. The lowest BCUT2D eigenvalue weighted by atomic mass is 9.99. The summed E-state index contributed by atoms with van der Waals surface area (Å²) in [6, 6.07) is 21.6. The Morgan fingerprint density at radius 3 is 2.47 bits per heavy atom. The molecule has 0 spiro atoms. The Morgan fingerprint density at radius 1 is 1.00 bits per heavy atom. The second-order valence-corrected chi connectivity index (χ2v) is 7.21. The lowest BCUT2D eigenvalue weighted by Crippen LogP contribution is -2.06. The first-order valence-corrected chi connectivity index (χ1v) is 10.2. The van der Waals surface area contributed by atoms with Crippen molar-refractivity contribution in [3.8, 4) is 28.2 Å². The highest BCUT2D eigenvalue weighted by atomic mass is 16.5. The number of fused-ring (bicyclic) bond motifs is 1. The van der Waals surface area contributed by atoms with E-state index in [2.05, 4.69) is 20.6 Å². The number of hydrogen-bond donors (Lipinski definition) is 1. The van der Waals surface area contributed by atoms with Crippen LogP contribution in [0.3, 0.4) is 0 Å². The molecule has 0 bridgehead atoms. The lowest BCUT2D eigenvalue weighted by molar-refractivity contribution is 0.0602. The number of aromatic nitrogens is 6. The molecular weight excluding hydrogens is 404 g/mol. The molecular formula is C24H20N6O2. The van der Waals surface area contributed by atoms with E-state index in [-0.39, 0.29) is 5.97 Å². The maximum absolute atomic E-state index is 12.4. The average molecular weight is 424 g/mol. The van der Waals surface area contributed by atoms with Crippen molar-refractivity contribution in [3.63, 3.8) is 0 Å². The van der Waals surface area contributed by atoms with Crippen LogP contribution in [-0.4, -0.2) is 43.3 Å². The Kier molecular flexibility index (Phi) is 4.95. The Labute approximate surface area is 183 Å². The fourth-order valence-electron chi connectivity index (χ4n) is 3.96. The number of H-pyrrole nitrogens is 1. The van der Waals surface area contributed by atoms with Crippen LogP contribution >= 0.6 is 0 Å². The molecule has 158 valence electrons. The summed E-state index contributed by atoms with van der Waals surface area (Å²) in [7, 11) is 1.39. The van der Waals surface area contributed by atoms with E-state index in [0.29, 0.717) is 11.4 Å². The number of carbonyl (C=O) groups is 1. The van der Waals surface area contributed by atoms with Gasteiger partial charge in [0.05, 0.1) is 23.7 Å². The number of carbonyl (C=O) groups excluding carboxylic acids is 1. The minimum atomic E-state index is -0.384. The molecule has 0 saturated carbocycles. The van der Waals surface area contributed by atoms with Crippen LogP contribution in [0.4, 0.5) is 0 Å². The van der Waals surface area contributed by atoms with Gasteiger partial charge in [0.1, 0.15) is 5.82 Å². The molecule has 8 nitrogen and oxygen atoms in total. The Hall–Kier alpha value is -4.33. The summed E-state index contributed by atoms with van der Waals surface area (Å²) in [5.74, 6) is 1.03. The largest absolute Gasteiger partial charge is 0.465 e. The number of aryl methyl sites for hydroxylation is 1. The molecule has 5 rings (SSSR count). The quantitative estimate of drug-likeness (QED) is 0.424. The predicted octanol–water partition coefficient (Wildman–Crippen LogP) is 4.22. The number of ether oxygens (including phenoxy) is 1.